The van der Waals surface area contributed by atoms with E-state index in [0.717, 1.165) is 5.92 Å². The van der Waals surface area contributed by atoms with Crippen LogP contribution in [0.3, 0.4) is 0 Å². The number of nitrogens with zero attached hydrogens (tertiary/aromatic N) is 1. The minimum Gasteiger partial charge on any atom is -0.327 e. The number of hydrogen-bond donors (Lipinski definition) is 1. The molecule has 0 aromatic carbocycles. The van der Waals surface area contributed by atoms with Gasteiger partial charge >= 0.3 is 0 Å². The summed E-state index contributed by atoms with van der Waals surface area (Å²) < 4.78 is 0. The monoisotopic (exact) mass is 196 g/mol. The van der Waals surface area contributed by atoms with Gasteiger partial charge in [0.1, 0.15) is 0 Å². The van der Waals surface area contributed by atoms with Crippen molar-refractivity contribution in [3.05, 3.63) is 0 Å². The molecule has 3 atom stereocenters. The summed E-state index contributed by atoms with van der Waals surface area (Å²) in [5.41, 5.74) is 6.08. The van der Waals surface area contributed by atoms with Crippen LogP contribution in [0.2, 0.25) is 0 Å². The molecule has 2 heteroatoms. The van der Waals surface area contributed by atoms with Crippen LogP contribution in [0, 0.1) is 11.8 Å². The molecule has 14 heavy (non-hydrogen) atoms. The lowest BCUT2D eigenvalue weighted by Gasteiger charge is -2.44. The van der Waals surface area contributed by atoms with E-state index in [1.165, 1.54) is 38.8 Å². The molecule has 0 bridgehead atoms. The second-order valence-corrected chi connectivity index (χ2v) is 5.34. The van der Waals surface area contributed by atoms with Crippen molar-refractivity contribution in [2.75, 3.05) is 13.1 Å². The van der Waals surface area contributed by atoms with Crippen LogP contribution in [-0.2, 0) is 0 Å². The van der Waals surface area contributed by atoms with Crippen LogP contribution in [0.4, 0.5) is 0 Å². The molecule has 2 nitrogen and oxygen atoms in total. The highest BCUT2D eigenvalue weighted by atomic mass is 15.2. The Balaban J connectivity index is 1.85. The van der Waals surface area contributed by atoms with Crippen LogP contribution in [0.1, 0.15) is 39.5 Å². The van der Waals surface area contributed by atoms with Crippen molar-refractivity contribution in [3.8, 4) is 0 Å². The van der Waals surface area contributed by atoms with E-state index in [1.807, 2.05) is 0 Å². The molecule has 2 rings (SSSR count). The standard InChI is InChI=1S/C12H24N2/c1-9-10(2)14(7-6-12(9)13)8-11-4-3-5-11/h9-12H,3-8,13H2,1-2H3. The van der Waals surface area contributed by atoms with Gasteiger partial charge in [0.2, 0.25) is 0 Å². The predicted octanol–water partition coefficient (Wildman–Crippen LogP) is 1.84. The molecule has 2 N–H and O–H groups in total. The van der Waals surface area contributed by atoms with Crippen molar-refractivity contribution in [2.45, 2.75) is 51.6 Å². The fourth-order valence-corrected chi connectivity index (χ4v) is 2.74. The zero-order valence-electron chi connectivity index (χ0n) is 9.58. The number of likely N-dealkylation sites (tertiary alicyclic amines) is 1. The second-order valence-electron chi connectivity index (χ2n) is 5.34. The van der Waals surface area contributed by atoms with Crippen molar-refractivity contribution in [1.82, 2.24) is 4.90 Å². The van der Waals surface area contributed by atoms with Crippen LogP contribution in [0.15, 0.2) is 0 Å². The molecule has 82 valence electrons. The third-order valence-electron chi connectivity index (χ3n) is 4.48. The van der Waals surface area contributed by atoms with Crippen LogP contribution in [0.5, 0.6) is 0 Å². The molecular formula is C12H24N2. The van der Waals surface area contributed by atoms with Gasteiger partial charge in [-0.25, -0.2) is 0 Å². The molecule has 2 aliphatic rings. The van der Waals surface area contributed by atoms with Crippen molar-refractivity contribution < 1.29 is 0 Å². The third kappa shape index (κ3) is 1.96. The normalized spacial score (nSPS) is 40.9. The molecule has 0 radical (unpaired) electrons. The molecule has 0 spiro atoms. The Labute approximate surface area is 87.8 Å². The van der Waals surface area contributed by atoms with Gasteiger partial charge < -0.3 is 10.6 Å². The summed E-state index contributed by atoms with van der Waals surface area (Å²) in [5, 5.41) is 0. The van der Waals surface area contributed by atoms with Gasteiger partial charge in [0, 0.05) is 18.6 Å². The lowest BCUT2D eigenvalue weighted by Crippen LogP contribution is -2.53. The Kier molecular flexibility index (Phi) is 3.13. The number of piperidine rings is 1. The maximum absolute atomic E-state index is 6.08. The Bertz CT molecular complexity index is 189. The largest absolute Gasteiger partial charge is 0.327 e. The first-order valence-electron chi connectivity index (χ1n) is 6.18. The topological polar surface area (TPSA) is 29.3 Å². The Morgan fingerprint density at radius 2 is 1.93 bits per heavy atom. The fraction of sp³-hybridized carbons (Fsp3) is 1.00. The van der Waals surface area contributed by atoms with Crippen LogP contribution in [0.25, 0.3) is 0 Å². The highest BCUT2D eigenvalue weighted by Gasteiger charge is 2.32. The number of nitrogens with two attached hydrogens (primary N) is 1. The van der Waals surface area contributed by atoms with Gasteiger partial charge in [0.05, 0.1) is 0 Å². The molecule has 1 saturated carbocycles. The van der Waals surface area contributed by atoms with E-state index in [1.54, 1.807) is 0 Å². The third-order valence-corrected chi connectivity index (χ3v) is 4.48. The lowest BCUT2D eigenvalue weighted by atomic mass is 9.82. The minimum atomic E-state index is 0.433. The van der Waals surface area contributed by atoms with Crippen LogP contribution < -0.4 is 5.73 Å². The first kappa shape index (κ1) is 10.4. The molecular weight excluding hydrogens is 172 g/mol. The molecule has 0 amide bonds. The maximum Gasteiger partial charge on any atom is 0.0107 e. The molecule has 2 fully saturated rings. The van der Waals surface area contributed by atoms with Gasteiger partial charge in [0.15, 0.2) is 0 Å². The van der Waals surface area contributed by atoms with Gasteiger partial charge in [-0.1, -0.05) is 13.3 Å². The van der Waals surface area contributed by atoms with E-state index in [9.17, 15) is 0 Å². The molecule has 1 heterocycles. The van der Waals surface area contributed by atoms with Crippen molar-refractivity contribution in [2.24, 2.45) is 17.6 Å². The van der Waals surface area contributed by atoms with Gasteiger partial charge in [-0.05, 0) is 44.6 Å². The van der Waals surface area contributed by atoms with E-state index in [0.29, 0.717) is 18.0 Å². The summed E-state index contributed by atoms with van der Waals surface area (Å²) in [4.78, 5) is 2.66. The average Bonchev–Trinajstić information content (AvgIpc) is 2.10. The van der Waals surface area contributed by atoms with E-state index in [2.05, 4.69) is 18.7 Å². The van der Waals surface area contributed by atoms with Crippen LogP contribution in [-0.4, -0.2) is 30.1 Å². The Morgan fingerprint density at radius 1 is 1.21 bits per heavy atom. The zero-order chi connectivity index (χ0) is 10.1. The highest BCUT2D eigenvalue weighted by molar-refractivity contribution is 4.88. The van der Waals surface area contributed by atoms with Gasteiger partial charge in [0.25, 0.3) is 0 Å². The number of rotatable bonds is 2. The molecule has 1 saturated heterocycles. The van der Waals surface area contributed by atoms with Crippen LogP contribution >= 0.6 is 0 Å². The average molecular weight is 196 g/mol. The summed E-state index contributed by atoms with van der Waals surface area (Å²) in [6.07, 6.45) is 5.58. The Hall–Kier alpha value is -0.0800. The van der Waals surface area contributed by atoms with Crippen molar-refractivity contribution >= 4 is 0 Å². The minimum absolute atomic E-state index is 0.433. The summed E-state index contributed by atoms with van der Waals surface area (Å²) in [6, 6.07) is 1.13. The van der Waals surface area contributed by atoms with Crippen molar-refractivity contribution in [3.63, 3.8) is 0 Å². The van der Waals surface area contributed by atoms with Gasteiger partial charge in [-0.15, -0.1) is 0 Å². The first-order valence-corrected chi connectivity index (χ1v) is 6.18. The summed E-state index contributed by atoms with van der Waals surface area (Å²) >= 11 is 0. The SMILES string of the molecule is CC1C(N)CCN(CC2CCC2)C1C. The summed E-state index contributed by atoms with van der Waals surface area (Å²) in [6.45, 7) is 7.21. The molecule has 3 unspecified atom stereocenters. The molecule has 1 aliphatic heterocycles. The molecule has 0 aromatic heterocycles. The van der Waals surface area contributed by atoms with E-state index in [-0.39, 0.29) is 0 Å². The maximum atomic E-state index is 6.08. The fourth-order valence-electron chi connectivity index (χ4n) is 2.74. The summed E-state index contributed by atoms with van der Waals surface area (Å²) in [7, 11) is 0. The van der Waals surface area contributed by atoms with E-state index < -0.39 is 0 Å². The quantitative estimate of drug-likeness (QED) is 0.730. The van der Waals surface area contributed by atoms with Gasteiger partial charge in [-0.2, -0.15) is 0 Å². The van der Waals surface area contributed by atoms with E-state index >= 15 is 0 Å². The van der Waals surface area contributed by atoms with Gasteiger partial charge in [-0.3, -0.25) is 0 Å². The smallest absolute Gasteiger partial charge is 0.0107 e. The summed E-state index contributed by atoms with van der Waals surface area (Å²) in [5.74, 6) is 1.67. The first-order chi connectivity index (χ1) is 6.68. The zero-order valence-corrected chi connectivity index (χ0v) is 9.58. The highest BCUT2D eigenvalue weighted by Crippen LogP contribution is 2.30. The number of hydrogen-bond acceptors (Lipinski definition) is 2. The second kappa shape index (κ2) is 4.19. The van der Waals surface area contributed by atoms with E-state index in [4.69, 9.17) is 5.73 Å². The molecule has 0 aromatic rings. The predicted molar refractivity (Wildman–Crippen MR) is 60.1 cm³/mol. The van der Waals surface area contributed by atoms with Crippen molar-refractivity contribution in [1.29, 1.82) is 0 Å². The Morgan fingerprint density at radius 3 is 2.50 bits per heavy atom. The molecule has 1 aliphatic carbocycles. The lowest BCUT2D eigenvalue weighted by molar-refractivity contribution is 0.0658.